The summed E-state index contributed by atoms with van der Waals surface area (Å²) in [7, 11) is 0. The molecule has 1 rings (SSSR count). The Morgan fingerprint density at radius 3 is 2.31 bits per heavy atom. The minimum atomic E-state index is -2.03. The van der Waals surface area contributed by atoms with Gasteiger partial charge < -0.3 is 25.2 Å². The maximum absolute atomic E-state index is 10.6. The highest BCUT2D eigenvalue weighted by Crippen LogP contribution is 2.18. The van der Waals surface area contributed by atoms with Gasteiger partial charge in [-0.2, -0.15) is 0 Å². The summed E-state index contributed by atoms with van der Waals surface area (Å²) in [5.74, 6) is -2.77. The average Bonchev–Trinajstić information content (AvgIpc) is 2.31. The van der Waals surface area contributed by atoms with Gasteiger partial charge in [0, 0.05) is 0 Å². The number of hydrogen-bond donors (Lipinski definition) is 4. The maximum Gasteiger partial charge on any atom is 0.338 e. The second-order valence-corrected chi connectivity index (χ2v) is 2.62. The molecule has 0 aromatic rings. The van der Waals surface area contributed by atoms with Crippen LogP contribution in [-0.2, 0) is 14.3 Å². The van der Waals surface area contributed by atoms with E-state index in [4.69, 9.17) is 20.4 Å². The molecule has 0 bridgehead atoms. The third-order valence-electron chi connectivity index (χ3n) is 1.72. The van der Waals surface area contributed by atoms with Crippen LogP contribution in [0.1, 0.15) is 0 Å². The Hall–Kier alpha value is -1.18. The molecule has 4 N–H and O–H groups in total. The minimum absolute atomic E-state index is 1.14. The lowest BCUT2D eigenvalue weighted by molar-refractivity contribution is -0.161. The van der Waals surface area contributed by atoms with E-state index in [1.54, 1.807) is 0 Å². The van der Waals surface area contributed by atoms with Crippen LogP contribution in [0, 0.1) is 0 Å². The molecular formula is C6H8O7. The predicted molar refractivity (Wildman–Crippen MR) is 35.5 cm³/mol. The maximum atomic E-state index is 10.6. The fourth-order valence-corrected chi connectivity index (χ4v) is 0.984. The molecule has 1 unspecified atom stereocenters. The Balaban J connectivity index is 2.73. The Morgan fingerprint density at radius 1 is 1.46 bits per heavy atom. The van der Waals surface area contributed by atoms with Gasteiger partial charge in [-0.15, -0.1) is 0 Å². The van der Waals surface area contributed by atoms with Crippen molar-refractivity contribution in [3.05, 3.63) is 0 Å². The lowest BCUT2D eigenvalue weighted by atomic mass is 10.1. The van der Waals surface area contributed by atoms with Gasteiger partial charge in [-0.1, -0.05) is 0 Å². The van der Waals surface area contributed by atoms with Gasteiger partial charge in [0.1, 0.15) is 6.10 Å². The number of carboxylic acids is 1. The van der Waals surface area contributed by atoms with Gasteiger partial charge in [0.2, 0.25) is 0 Å². The van der Waals surface area contributed by atoms with Gasteiger partial charge in [0.05, 0.1) is 0 Å². The Bertz CT molecular complexity index is 237. The van der Waals surface area contributed by atoms with Crippen molar-refractivity contribution in [1.82, 2.24) is 0 Å². The molecule has 1 saturated heterocycles. The van der Waals surface area contributed by atoms with Crippen molar-refractivity contribution in [1.29, 1.82) is 0 Å². The molecule has 0 amide bonds. The number of cyclic esters (lactones) is 1. The molecule has 13 heavy (non-hydrogen) atoms. The van der Waals surface area contributed by atoms with Crippen LogP contribution in [0.15, 0.2) is 0 Å². The number of esters is 1. The number of carboxylic acid groups (broad SMARTS) is 1. The molecule has 0 aromatic carbocycles. The van der Waals surface area contributed by atoms with E-state index in [0.717, 1.165) is 0 Å². The van der Waals surface area contributed by atoms with Crippen LogP contribution >= 0.6 is 0 Å². The highest BCUT2D eigenvalue weighted by Gasteiger charge is 2.48. The lowest BCUT2D eigenvalue weighted by Crippen LogP contribution is -2.42. The number of aliphatic carboxylic acids is 1. The lowest BCUT2D eigenvalue weighted by Gasteiger charge is -2.15. The normalized spacial score (nSPS) is 35.6. The molecule has 0 radical (unpaired) electrons. The monoisotopic (exact) mass is 192 g/mol. The van der Waals surface area contributed by atoms with E-state index >= 15 is 0 Å². The highest BCUT2D eigenvalue weighted by molar-refractivity contribution is 5.80. The van der Waals surface area contributed by atoms with Crippen LogP contribution in [0.25, 0.3) is 0 Å². The molecule has 0 aromatic heterocycles. The first kappa shape index (κ1) is 9.90. The van der Waals surface area contributed by atoms with E-state index in [-0.39, 0.29) is 0 Å². The van der Waals surface area contributed by atoms with E-state index in [1.807, 2.05) is 0 Å². The van der Waals surface area contributed by atoms with E-state index in [1.165, 1.54) is 0 Å². The van der Waals surface area contributed by atoms with Gasteiger partial charge >= 0.3 is 11.9 Å². The average molecular weight is 192 g/mol. The van der Waals surface area contributed by atoms with E-state index in [2.05, 4.69) is 4.74 Å². The molecular weight excluding hydrogens is 184 g/mol. The molecule has 7 nitrogen and oxygen atoms in total. The molecule has 1 heterocycles. The molecule has 4 atom stereocenters. The van der Waals surface area contributed by atoms with Crippen molar-refractivity contribution in [3.8, 4) is 0 Å². The van der Waals surface area contributed by atoms with Gasteiger partial charge in [0.15, 0.2) is 18.3 Å². The van der Waals surface area contributed by atoms with Crippen molar-refractivity contribution in [3.63, 3.8) is 0 Å². The largest absolute Gasteiger partial charge is 0.479 e. The second kappa shape index (κ2) is 3.29. The molecule has 0 aliphatic carbocycles. The molecule has 0 spiro atoms. The van der Waals surface area contributed by atoms with Crippen molar-refractivity contribution in [2.24, 2.45) is 0 Å². The van der Waals surface area contributed by atoms with Crippen molar-refractivity contribution < 1.29 is 34.8 Å². The zero-order chi connectivity index (χ0) is 10.2. The van der Waals surface area contributed by atoms with Crippen LogP contribution in [0.5, 0.6) is 0 Å². The van der Waals surface area contributed by atoms with Crippen molar-refractivity contribution in [2.75, 3.05) is 0 Å². The third-order valence-corrected chi connectivity index (χ3v) is 1.72. The fraction of sp³-hybridized carbons (Fsp3) is 0.667. The summed E-state index contributed by atoms with van der Waals surface area (Å²) in [4.78, 5) is 20.8. The quantitative estimate of drug-likeness (QED) is 0.345. The van der Waals surface area contributed by atoms with Crippen molar-refractivity contribution in [2.45, 2.75) is 24.4 Å². The van der Waals surface area contributed by atoms with E-state index in [0.29, 0.717) is 0 Å². The summed E-state index contributed by atoms with van der Waals surface area (Å²) < 4.78 is 4.24. The van der Waals surface area contributed by atoms with Gasteiger partial charge in [-0.3, -0.25) is 0 Å². The number of aliphatic hydroxyl groups excluding tert-OH is 3. The Morgan fingerprint density at radius 2 is 2.00 bits per heavy atom. The number of carbonyl (C=O) groups is 2. The standard InChI is InChI=1S/C6H8O7/c7-1-2(8)6(12)13-4(1)3(9)5(10)11/h1-4,7-9H,(H,10,11)/t1-,2?,3-,4+/m1/s1. The molecule has 1 aliphatic rings. The number of hydrogen-bond acceptors (Lipinski definition) is 6. The number of carbonyl (C=O) groups excluding carboxylic acids is 1. The van der Waals surface area contributed by atoms with Gasteiger partial charge in [-0.05, 0) is 0 Å². The summed E-state index contributed by atoms with van der Waals surface area (Å²) >= 11 is 0. The second-order valence-electron chi connectivity index (χ2n) is 2.62. The Labute approximate surface area is 72.2 Å². The molecule has 1 aliphatic heterocycles. The molecule has 74 valence electrons. The Kier molecular flexibility index (Phi) is 2.50. The first-order valence-electron chi connectivity index (χ1n) is 3.42. The molecule has 1 fully saturated rings. The summed E-state index contributed by atoms with van der Waals surface area (Å²) in [6, 6.07) is 0. The minimum Gasteiger partial charge on any atom is -0.479 e. The zero-order valence-electron chi connectivity index (χ0n) is 6.32. The summed E-state index contributed by atoms with van der Waals surface area (Å²) in [6.45, 7) is 0. The fourth-order valence-electron chi connectivity index (χ4n) is 0.984. The highest BCUT2D eigenvalue weighted by atomic mass is 16.6. The summed E-state index contributed by atoms with van der Waals surface area (Å²) in [6.07, 6.45) is -7.14. The SMILES string of the molecule is O=C1O[C@H]([C@@H](O)C(=O)O)[C@H](O)C1O. The van der Waals surface area contributed by atoms with E-state index in [9.17, 15) is 9.59 Å². The predicted octanol–water partition coefficient (Wildman–Crippen LogP) is -2.92. The smallest absolute Gasteiger partial charge is 0.338 e. The summed E-state index contributed by atoms with van der Waals surface area (Å²) in [5.41, 5.74) is 0. The van der Waals surface area contributed by atoms with E-state index < -0.39 is 36.4 Å². The summed E-state index contributed by atoms with van der Waals surface area (Å²) in [5, 5.41) is 35.0. The van der Waals surface area contributed by atoms with Crippen LogP contribution < -0.4 is 0 Å². The van der Waals surface area contributed by atoms with Gasteiger partial charge in [0.25, 0.3) is 0 Å². The number of aliphatic hydroxyl groups is 3. The van der Waals surface area contributed by atoms with Crippen LogP contribution in [0.2, 0.25) is 0 Å². The van der Waals surface area contributed by atoms with Gasteiger partial charge in [-0.25, -0.2) is 9.59 Å². The topological polar surface area (TPSA) is 124 Å². The first-order chi connectivity index (χ1) is 5.95. The zero-order valence-corrected chi connectivity index (χ0v) is 6.32. The number of rotatable bonds is 2. The number of ether oxygens (including phenoxy) is 1. The van der Waals surface area contributed by atoms with Crippen LogP contribution in [0.4, 0.5) is 0 Å². The third kappa shape index (κ3) is 1.62. The molecule has 7 heteroatoms. The van der Waals surface area contributed by atoms with Crippen LogP contribution in [0.3, 0.4) is 0 Å². The van der Waals surface area contributed by atoms with Crippen molar-refractivity contribution >= 4 is 11.9 Å². The molecule has 0 saturated carbocycles. The van der Waals surface area contributed by atoms with Crippen LogP contribution in [-0.4, -0.2) is 56.8 Å². The first-order valence-corrected chi connectivity index (χ1v) is 3.42.